The number of piperidine rings is 1. The van der Waals surface area contributed by atoms with Crippen LogP contribution >= 0.6 is 0 Å². The summed E-state index contributed by atoms with van der Waals surface area (Å²) in [5.41, 5.74) is 4.40. The van der Waals surface area contributed by atoms with Crippen molar-refractivity contribution < 1.29 is 4.79 Å². The fourth-order valence-electron chi connectivity index (χ4n) is 3.75. The van der Waals surface area contributed by atoms with Gasteiger partial charge in [0.25, 0.3) is 5.91 Å². The molecule has 1 fully saturated rings. The average molecular weight is 422 g/mol. The lowest BCUT2D eigenvalue weighted by Crippen LogP contribution is -2.36. The number of aliphatic imine (C=N–C) groups is 1. The molecule has 0 radical (unpaired) electrons. The molecule has 0 atom stereocenters. The molecule has 1 heterocycles. The summed E-state index contributed by atoms with van der Waals surface area (Å²) in [7, 11) is 5.29. The Morgan fingerprint density at radius 1 is 0.871 bits per heavy atom. The van der Waals surface area contributed by atoms with E-state index in [1.807, 2.05) is 24.3 Å². The summed E-state index contributed by atoms with van der Waals surface area (Å²) in [6.07, 6.45) is 4.02. The van der Waals surface area contributed by atoms with Crippen molar-refractivity contribution in [2.24, 2.45) is 4.99 Å². The SMILES string of the molecule is CN=C(NCc1ccc(CN2CCCCC2)cc1)NCc1ccc(C(=O)N(C)C)cc1. The van der Waals surface area contributed by atoms with Crippen LogP contribution in [0.15, 0.2) is 53.5 Å². The van der Waals surface area contributed by atoms with Crippen LogP contribution in [0.25, 0.3) is 0 Å². The molecule has 2 aromatic carbocycles. The lowest BCUT2D eigenvalue weighted by Gasteiger charge is -2.26. The van der Waals surface area contributed by atoms with Crippen LogP contribution in [-0.2, 0) is 19.6 Å². The van der Waals surface area contributed by atoms with E-state index >= 15 is 0 Å². The maximum atomic E-state index is 12.0. The lowest BCUT2D eigenvalue weighted by atomic mass is 10.1. The average Bonchev–Trinajstić information content (AvgIpc) is 2.80. The molecule has 2 N–H and O–H groups in total. The van der Waals surface area contributed by atoms with Crippen molar-refractivity contribution in [3.63, 3.8) is 0 Å². The number of hydrogen-bond donors (Lipinski definition) is 2. The van der Waals surface area contributed by atoms with Crippen LogP contribution in [0.2, 0.25) is 0 Å². The summed E-state index contributed by atoms with van der Waals surface area (Å²) >= 11 is 0. The molecule has 1 aliphatic rings. The second-order valence-corrected chi connectivity index (χ2v) is 8.33. The first kappa shape index (κ1) is 22.8. The number of hydrogen-bond acceptors (Lipinski definition) is 3. The van der Waals surface area contributed by atoms with Crippen LogP contribution in [0.4, 0.5) is 0 Å². The van der Waals surface area contributed by atoms with Crippen molar-refractivity contribution in [2.45, 2.75) is 38.9 Å². The van der Waals surface area contributed by atoms with Crippen LogP contribution < -0.4 is 10.6 Å². The van der Waals surface area contributed by atoms with Crippen molar-refractivity contribution >= 4 is 11.9 Å². The summed E-state index contributed by atoms with van der Waals surface area (Å²) in [5.74, 6) is 0.768. The zero-order valence-electron chi connectivity index (χ0n) is 19.0. The minimum atomic E-state index is 0.0129. The number of amides is 1. The Morgan fingerprint density at radius 2 is 1.39 bits per heavy atom. The molecule has 6 nitrogen and oxygen atoms in total. The van der Waals surface area contributed by atoms with E-state index in [4.69, 9.17) is 0 Å². The van der Waals surface area contributed by atoms with Gasteiger partial charge < -0.3 is 15.5 Å². The Morgan fingerprint density at radius 3 is 1.90 bits per heavy atom. The standard InChI is InChI=1S/C25H35N5O/c1-26-25(28-18-21-11-13-23(14-12-21)24(31)29(2)3)27-17-20-7-9-22(10-8-20)19-30-15-5-4-6-16-30/h7-14H,4-6,15-19H2,1-3H3,(H2,26,27,28). The highest BCUT2D eigenvalue weighted by Gasteiger charge is 2.10. The van der Waals surface area contributed by atoms with Crippen LogP contribution in [-0.4, -0.2) is 55.9 Å². The summed E-state index contributed by atoms with van der Waals surface area (Å²) in [6, 6.07) is 16.5. The maximum absolute atomic E-state index is 12.0. The van der Waals surface area contributed by atoms with Gasteiger partial charge in [-0.25, -0.2) is 0 Å². The monoisotopic (exact) mass is 421 g/mol. The first-order valence-electron chi connectivity index (χ1n) is 11.1. The fourth-order valence-corrected chi connectivity index (χ4v) is 3.75. The van der Waals surface area contributed by atoms with Gasteiger partial charge in [0.05, 0.1) is 0 Å². The first-order valence-corrected chi connectivity index (χ1v) is 11.1. The van der Waals surface area contributed by atoms with Gasteiger partial charge in [0.2, 0.25) is 0 Å². The molecular formula is C25H35N5O. The molecule has 6 heteroatoms. The van der Waals surface area contributed by atoms with E-state index in [2.05, 4.69) is 44.8 Å². The number of likely N-dealkylation sites (tertiary alicyclic amines) is 1. The van der Waals surface area contributed by atoms with Gasteiger partial charge in [-0.05, 0) is 54.8 Å². The number of nitrogens with zero attached hydrogens (tertiary/aromatic N) is 3. The molecule has 0 saturated carbocycles. The number of carbonyl (C=O) groups excluding carboxylic acids is 1. The van der Waals surface area contributed by atoms with E-state index < -0.39 is 0 Å². The zero-order valence-corrected chi connectivity index (χ0v) is 19.0. The van der Waals surface area contributed by atoms with Crippen LogP contribution in [0.5, 0.6) is 0 Å². The van der Waals surface area contributed by atoms with Gasteiger partial charge in [-0.3, -0.25) is 14.7 Å². The smallest absolute Gasteiger partial charge is 0.253 e. The van der Waals surface area contributed by atoms with E-state index in [1.54, 1.807) is 26.0 Å². The van der Waals surface area contributed by atoms with Gasteiger partial charge in [-0.15, -0.1) is 0 Å². The molecule has 0 spiro atoms. The largest absolute Gasteiger partial charge is 0.352 e. The van der Waals surface area contributed by atoms with Gasteiger partial charge >= 0.3 is 0 Å². The van der Waals surface area contributed by atoms with Crippen molar-refractivity contribution in [3.05, 3.63) is 70.8 Å². The molecule has 2 aromatic rings. The summed E-state index contributed by atoms with van der Waals surface area (Å²) in [5, 5.41) is 6.70. The number of rotatable bonds is 7. The quantitative estimate of drug-likeness (QED) is 0.532. The van der Waals surface area contributed by atoms with Crippen molar-refractivity contribution in [2.75, 3.05) is 34.2 Å². The predicted octanol–water partition coefficient (Wildman–Crippen LogP) is 3.24. The molecule has 0 bridgehead atoms. The Hall–Kier alpha value is -2.86. The molecule has 1 saturated heterocycles. The van der Waals surface area contributed by atoms with E-state index in [0.717, 1.165) is 24.6 Å². The third-order valence-electron chi connectivity index (χ3n) is 5.63. The molecule has 166 valence electrons. The summed E-state index contributed by atoms with van der Waals surface area (Å²) < 4.78 is 0. The van der Waals surface area contributed by atoms with Gasteiger partial charge in [0.1, 0.15) is 0 Å². The van der Waals surface area contributed by atoms with Crippen molar-refractivity contribution in [1.82, 2.24) is 20.4 Å². The molecule has 1 aliphatic heterocycles. The third kappa shape index (κ3) is 7.10. The first-order chi connectivity index (χ1) is 15.0. The molecule has 3 rings (SSSR count). The second kappa shape index (κ2) is 11.5. The maximum Gasteiger partial charge on any atom is 0.253 e. The highest BCUT2D eigenvalue weighted by atomic mass is 16.2. The van der Waals surface area contributed by atoms with Crippen LogP contribution in [0.3, 0.4) is 0 Å². The summed E-state index contributed by atoms with van der Waals surface area (Å²) in [4.78, 5) is 20.4. The highest BCUT2D eigenvalue weighted by molar-refractivity contribution is 5.93. The van der Waals surface area contributed by atoms with Gasteiger partial charge in [0.15, 0.2) is 5.96 Å². The highest BCUT2D eigenvalue weighted by Crippen LogP contribution is 2.13. The fraction of sp³-hybridized carbons (Fsp3) is 0.440. The third-order valence-corrected chi connectivity index (χ3v) is 5.63. The van der Waals surface area contributed by atoms with Crippen LogP contribution in [0, 0.1) is 0 Å². The van der Waals surface area contributed by atoms with Gasteiger partial charge in [0, 0.05) is 46.3 Å². The Labute approximate surface area is 186 Å². The van der Waals surface area contributed by atoms with E-state index in [9.17, 15) is 4.79 Å². The Bertz CT molecular complexity index is 852. The summed E-state index contributed by atoms with van der Waals surface area (Å²) in [6.45, 7) is 4.86. The number of guanidine groups is 1. The van der Waals surface area contributed by atoms with E-state index in [0.29, 0.717) is 12.1 Å². The topological polar surface area (TPSA) is 60.0 Å². The molecule has 0 unspecified atom stereocenters. The van der Waals surface area contributed by atoms with Crippen molar-refractivity contribution in [1.29, 1.82) is 0 Å². The minimum Gasteiger partial charge on any atom is -0.352 e. The Balaban J connectivity index is 1.44. The van der Waals surface area contributed by atoms with Gasteiger partial charge in [-0.2, -0.15) is 0 Å². The Kier molecular flexibility index (Phi) is 8.47. The van der Waals surface area contributed by atoms with Crippen molar-refractivity contribution in [3.8, 4) is 0 Å². The second-order valence-electron chi connectivity index (χ2n) is 8.33. The zero-order chi connectivity index (χ0) is 22.1. The predicted molar refractivity (Wildman–Crippen MR) is 127 cm³/mol. The minimum absolute atomic E-state index is 0.0129. The van der Waals surface area contributed by atoms with Crippen LogP contribution in [0.1, 0.15) is 46.3 Å². The lowest BCUT2D eigenvalue weighted by molar-refractivity contribution is 0.0827. The molecule has 0 aliphatic carbocycles. The van der Waals surface area contributed by atoms with E-state index in [1.165, 1.54) is 43.5 Å². The van der Waals surface area contributed by atoms with E-state index in [-0.39, 0.29) is 5.91 Å². The number of nitrogens with one attached hydrogen (secondary N) is 2. The molecule has 31 heavy (non-hydrogen) atoms. The molecule has 1 amide bonds. The van der Waals surface area contributed by atoms with Gasteiger partial charge in [-0.1, -0.05) is 42.8 Å². The normalized spacial score (nSPS) is 14.9. The molecular weight excluding hydrogens is 386 g/mol. The number of carbonyl (C=O) groups is 1. The molecule has 0 aromatic heterocycles. The number of benzene rings is 2.